The molecule has 0 spiro atoms. The van der Waals surface area contributed by atoms with Crippen molar-refractivity contribution in [3.05, 3.63) is 40.9 Å². The molecule has 0 amide bonds. The Hall–Kier alpha value is -1.77. The van der Waals surface area contributed by atoms with Crippen LogP contribution in [0, 0.1) is 16.2 Å². The monoisotopic (exact) mass is 314 g/mol. The zero-order valence-electron chi connectivity index (χ0n) is 15.0. The highest BCUT2D eigenvalue weighted by Crippen LogP contribution is 2.37. The summed E-state index contributed by atoms with van der Waals surface area (Å²) in [5.74, 6) is 1.00. The van der Waals surface area contributed by atoms with E-state index in [1.807, 2.05) is 19.1 Å². The van der Waals surface area contributed by atoms with Crippen molar-refractivity contribution < 1.29 is 0 Å². The Balaban J connectivity index is 0.000000238. The van der Waals surface area contributed by atoms with Crippen molar-refractivity contribution >= 4 is 18.0 Å². The molecule has 0 aromatic heterocycles. The summed E-state index contributed by atoms with van der Waals surface area (Å²) in [5, 5.41) is 2.81. The van der Waals surface area contributed by atoms with E-state index in [0.717, 1.165) is 17.1 Å². The van der Waals surface area contributed by atoms with E-state index >= 15 is 0 Å². The lowest BCUT2D eigenvalue weighted by atomic mass is 9.72. The van der Waals surface area contributed by atoms with Crippen LogP contribution in [0.5, 0.6) is 0 Å². The van der Waals surface area contributed by atoms with Crippen LogP contribution < -0.4 is 0 Å². The molecule has 2 rings (SSSR count). The minimum Gasteiger partial charge on any atom is -0.272 e. The zero-order valence-corrected chi connectivity index (χ0v) is 15.0. The minimum atomic E-state index is 0.433. The Morgan fingerprint density at radius 3 is 2.09 bits per heavy atom. The van der Waals surface area contributed by atoms with Crippen molar-refractivity contribution in [3.8, 4) is 0 Å². The summed E-state index contributed by atoms with van der Waals surface area (Å²) >= 11 is 0. The smallest absolute Gasteiger partial charge is 0.108 e. The van der Waals surface area contributed by atoms with Crippen LogP contribution in [0.2, 0.25) is 0 Å². The van der Waals surface area contributed by atoms with Gasteiger partial charge in [-0.2, -0.15) is 0 Å². The maximum absolute atomic E-state index is 10.1. The molecule has 0 saturated heterocycles. The summed E-state index contributed by atoms with van der Waals surface area (Å²) in [6, 6.07) is 6.99. The summed E-state index contributed by atoms with van der Waals surface area (Å²) in [5.41, 5.74) is 3.02. The first-order chi connectivity index (χ1) is 10.9. The highest BCUT2D eigenvalue weighted by Gasteiger charge is 2.25. The second-order valence-corrected chi connectivity index (χ2v) is 7.33. The maximum Gasteiger partial charge on any atom is 0.108 e. The van der Waals surface area contributed by atoms with E-state index in [4.69, 9.17) is 0 Å². The molecule has 1 aromatic rings. The fourth-order valence-electron chi connectivity index (χ4n) is 2.97. The summed E-state index contributed by atoms with van der Waals surface area (Å²) < 4.78 is 0. The lowest BCUT2D eigenvalue weighted by molar-refractivity contribution is 0.180. The Morgan fingerprint density at radius 1 is 1.13 bits per heavy atom. The number of hydrogen-bond donors (Lipinski definition) is 0. The molecule has 0 N–H and O–H groups in total. The normalized spacial score (nSPS) is 16.3. The molecule has 1 saturated carbocycles. The van der Waals surface area contributed by atoms with Gasteiger partial charge < -0.3 is 0 Å². The predicted molar refractivity (Wildman–Crippen MR) is 101 cm³/mol. The SMILES string of the molecule is C=N/C=C(\C)c1ccc(N=O)cc1.CC(C)(C)C1CCCCC1. The molecular weight excluding hydrogens is 284 g/mol. The average Bonchev–Trinajstić information content (AvgIpc) is 2.56. The molecule has 3 nitrogen and oxygen atoms in total. The first kappa shape index (κ1) is 19.3. The van der Waals surface area contributed by atoms with E-state index in [1.54, 1.807) is 18.3 Å². The van der Waals surface area contributed by atoms with Gasteiger partial charge in [-0.3, -0.25) is 4.99 Å². The van der Waals surface area contributed by atoms with Gasteiger partial charge in [0.05, 0.1) is 0 Å². The van der Waals surface area contributed by atoms with Crippen LogP contribution in [0.25, 0.3) is 5.57 Å². The molecule has 126 valence electrons. The minimum absolute atomic E-state index is 0.433. The summed E-state index contributed by atoms with van der Waals surface area (Å²) in [6.45, 7) is 12.4. The maximum atomic E-state index is 10.1. The van der Waals surface area contributed by atoms with E-state index in [1.165, 1.54) is 32.1 Å². The molecule has 1 aliphatic rings. The zero-order chi connectivity index (χ0) is 17.3. The molecule has 3 heteroatoms. The molecule has 0 atom stereocenters. The topological polar surface area (TPSA) is 41.8 Å². The predicted octanol–water partition coefficient (Wildman–Crippen LogP) is 6.76. The number of benzene rings is 1. The van der Waals surface area contributed by atoms with Crippen LogP contribution in [0.1, 0.15) is 65.4 Å². The van der Waals surface area contributed by atoms with Crippen LogP contribution in [0.3, 0.4) is 0 Å². The highest BCUT2D eigenvalue weighted by molar-refractivity contribution is 5.65. The van der Waals surface area contributed by atoms with Gasteiger partial charge in [-0.05, 0) is 66.3 Å². The van der Waals surface area contributed by atoms with Crippen molar-refractivity contribution in [2.24, 2.45) is 21.5 Å². The van der Waals surface area contributed by atoms with Crippen molar-refractivity contribution in [2.45, 2.75) is 59.8 Å². The standard InChI is InChI=1S/C10H10N2O.C10H20/c1-8(7-11-2)9-3-5-10(12-13)6-4-9;1-10(2,3)9-7-5-4-6-8-9/h3-7H,2H2,1H3;9H,4-8H2,1-3H3/b8-7+;. The molecule has 0 radical (unpaired) electrons. The van der Waals surface area contributed by atoms with Crippen LogP contribution in [-0.4, -0.2) is 6.72 Å². The number of allylic oxidation sites excluding steroid dienone is 1. The Kier molecular flexibility index (Phi) is 7.87. The Bertz CT molecular complexity index is 518. The fraction of sp³-hybridized carbons (Fsp3) is 0.550. The third kappa shape index (κ3) is 6.89. The molecular formula is C20H30N2O. The van der Waals surface area contributed by atoms with Gasteiger partial charge in [0.1, 0.15) is 5.69 Å². The van der Waals surface area contributed by atoms with E-state index in [9.17, 15) is 4.91 Å². The number of aliphatic imine (C=N–C) groups is 1. The van der Waals surface area contributed by atoms with Crippen molar-refractivity contribution in [3.63, 3.8) is 0 Å². The highest BCUT2D eigenvalue weighted by atomic mass is 16.3. The van der Waals surface area contributed by atoms with Gasteiger partial charge in [-0.1, -0.05) is 52.2 Å². The quantitative estimate of drug-likeness (QED) is 0.449. The largest absolute Gasteiger partial charge is 0.272 e. The molecule has 1 fully saturated rings. The lowest BCUT2D eigenvalue weighted by Gasteiger charge is -2.33. The second-order valence-electron chi connectivity index (χ2n) is 7.33. The van der Waals surface area contributed by atoms with Gasteiger partial charge >= 0.3 is 0 Å². The lowest BCUT2D eigenvalue weighted by Crippen LogP contribution is -2.22. The molecule has 0 heterocycles. The van der Waals surface area contributed by atoms with Crippen LogP contribution >= 0.6 is 0 Å². The van der Waals surface area contributed by atoms with Crippen molar-refractivity contribution in [1.82, 2.24) is 0 Å². The molecule has 0 bridgehead atoms. The van der Waals surface area contributed by atoms with Gasteiger partial charge in [0.2, 0.25) is 0 Å². The van der Waals surface area contributed by atoms with Crippen LogP contribution in [-0.2, 0) is 0 Å². The Labute approximate surface area is 140 Å². The average molecular weight is 314 g/mol. The first-order valence-electron chi connectivity index (χ1n) is 8.45. The number of hydrogen-bond acceptors (Lipinski definition) is 3. The van der Waals surface area contributed by atoms with Gasteiger partial charge in [-0.15, -0.1) is 4.91 Å². The number of nitrogens with zero attached hydrogens (tertiary/aromatic N) is 2. The van der Waals surface area contributed by atoms with Crippen molar-refractivity contribution in [2.75, 3.05) is 0 Å². The van der Waals surface area contributed by atoms with E-state index in [2.05, 4.69) is 37.7 Å². The van der Waals surface area contributed by atoms with Gasteiger partial charge in [0, 0.05) is 6.20 Å². The molecule has 0 unspecified atom stereocenters. The second kappa shape index (κ2) is 9.39. The summed E-state index contributed by atoms with van der Waals surface area (Å²) in [6.07, 6.45) is 9.05. The van der Waals surface area contributed by atoms with Gasteiger partial charge in [-0.25, -0.2) is 0 Å². The van der Waals surface area contributed by atoms with Gasteiger partial charge in [0.25, 0.3) is 0 Å². The number of rotatable bonds is 3. The molecule has 23 heavy (non-hydrogen) atoms. The summed E-state index contributed by atoms with van der Waals surface area (Å²) in [4.78, 5) is 13.8. The Morgan fingerprint density at radius 2 is 1.70 bits per heavy atom. The van der Waals surface area contributed by atoms with Crippen molar-refractivity contribution in [1.29, 1.82) is 0 Å². The third-order valence-electron chi connectivity index (χ3n) is 4.54. The number of nitroso groups, excluding NO2 is 1. The molecule has 0 aliphatic heterocycles. The van der Waals surface area contributed by atoms with E-state index in [0.29, 0.717) is 11.1 Å². The van der Waals surface area contributed by atoms with E-state index < -0.39 is 0 Å². The fourth-order valence-corrected chi connectivity index (χ4v) is 2.97. The van der Waals surface area contributed by atoms with Gasteiger partial charge in [0.15, 0.2) is 0 Å². The molecule has 1 aromatic carbocycles. The summed E-state index contributed by atoms with van der Waals surface area (Å²) in [7, 11) is 0. The van der Waals surface area contributed by atoms with Crippen LogP contribution in [0.4, 0.5) is 5.69 Å². The molecule has 1 aliphatic carbocycles. The van der Waals surface area contributed by atoms with E-state index in [-0.39, 0.29) is 0 Å². The van der Waals surface area contributed by atoms with Crippen LogP contribution in [0.15, 0.2) is 40.6 Å². The third-order valence-corrected chi connectivity index (χ3v) is 4.54. The first-order valence-corrected chi connectivity index (χ1v) is 8.45.